The zero-order valence-corrected chi connectivity index (χ0v) is 14.5. The third-order valence-electron chi connectivity index (χ3n) is 3.01. The summed E-state index contributed by atoms with van der Waals surface area (Å²) in [6.45, 7) is 2.75. The molecule has 0 aromatic heterocycles. The van der Waals surface area contributed by atoms with E-state index in [4.69, 9.17) is 4.74 Å². The zero-order valence-electron chi connectivity index (χ0n) is 13.0. The van der Waals surface area contributed by atoms with Crippen LogP contribution in [0.5, 0.6) is 5.75 Å². The van der Waals surface area contributed by atoms with E-state index in [1.54, 1.807) is 6.21 Å². The van der Waals surface area contributed by atoms with Gasteiger partial charge in [-0.2, -0.15) is 5.10 Å². The molecule has 0 spiro atoms. The Morgan fingerprint density at radius 1 is 1.26 bits per heavy atom. The van der Waals surface area contributed by atoms with Crippen LogP contribution in [0.2, 0.25) is 0 Å². The molecule has 0 aliphatic heterocycles. The molecule has 0 bridgehead atoms. The molecule has 23 heavy (non-hydrogen) atoms. The maximum atomic E-state index is 11.8. The molecule has 1 N–H and O–H groups in total. The fourth-order valence-corrected chi connectivity index (χ4v) is 2.17. The molecule has 0 saturated heterocycles. The molecule has 0 aliphatic carbocycles. The van der Waals surface area contributed by atoms with Gasteiger partial charge in [0.25, 0.3) is 0 Å². The Hall–Kier alpha value is -2.14. The van der Waals surface area contributed by atoms with E-state index in [-0.39, 0.29) is 5.91 Å². The Morgan fingerprint density at radius 3 is 2.78 bits per heavy atom. The van der Waals surface area contributed by atoms with Gasteiger partial charge in [-0.3, -0.25) is 4.79 Å². The smallest absolute Gasteiger partial charge is 0.244 e. The lowest BCUT2D eigenvalue weighted by molar-refractivity contribution is -0.120. The Kier molecular flexibility index (Phi) is 6.81. The van der Waals surface area contributed by atoms with Crippen molar-refractivity contribution in [2.45, 2.75) is 19.8 Å². The van der Waals surface area contributed by atoms with E-state index in [0.717, 1.165) is 27.8 Å². The van der Waals surface area contributed by atoms with Crippen LogP contribution in [0.3, 0.4) is 0 Å². The fraction of sp³-hybridized carbons (Fsp3) is 0.222. The average molecular weight is 375 g/mol. The monoisotopic (exact) mass is 374 g/mol. The van der Waals surface area contributed by atoms with Crippen LogP contribution in [0, 0.1) is 0 Å². The van der Waals surface area contributed by atoms with Gasteiger partial charge in [-0.1, -0.05) is 47.1 Å². The summed E-state index contributed by atoms with van der Waals surface area (Å²) >= 11 is 3.37. The highest BCUT2D eigenvalue weighted by atomic mass is 79.9. The third-order valence-corrected chi connectivity index (χ3v) is 3.54. The second-order valence-electron chi connectivity index (χ2n) is 5.02. The molecule has 1 amide bonds. The summed E-state index contributed by atoms with van der Waals surface area (Å²) in [6.07, 6.45) is 2.87. The SMILES string of the molecule is CCCOc1cccc(/C=N\NC(=O)Cc2ccc(Br)cc2)c1. The number of ether oxygens (including phenoxy) is 1. The number of nitrogens with zero attached hydrogens (tertiary/aromatic N) is 1. The number of rotatable bonds is 7. The second kappa shape index (κ2) is 9.10. The fourth-order valence-electron chi connectivity index (χ4n) is 1.91. The number of hydrogen-bond acceptors (Lipinski definition) is 3. The van der Waals surface area contributed by atoms with E-state index < -0.39 is 0 Å². The quantitative estimate of drug-likeness (QED) is 0.589. The van der Waals surface area contributed by atoms with Crippen molar-refractivity contribution in [1.82, 2.24) is 5.43 Å². The highest BCUT2D eigenvalue weighted by Crippen LogP contribution is 2.12. The van der Waals surface area contributed by atoms with E-state index in [1.807, 2.05) is 48.5 Å². The lowest BCUT2D eigenvalue weighted by atomic mass is 10.1. The largest absolute Gasteiger partial charge is 0.494 e. The maximum Gasteiger partial charge on any atom is 0.244 e. The summed E-state index contributed by atoms with van der Waals surface area (Å²) in [5.41, 5.74) is 4.35. The van der Waals surface area contributed by atoms with Crippen molar-refractivity contribution in [2.75, 3.05) is 6.61 Å². The lowest BCUT2D eigenvalue weighted by Crippen LogP contribution is -2.19. The number of carbonyl (C=O) groups is 1. The van der Waals surface area contributed by atoms with Gasteiger partial charge in [-0.15, -0.1) is 0 Å². The van der Waals surface area contributed by atoms with E-state index in [1.165, 1.54) is 0 Å². The number of hydrogen-bond donors (Lipinski definition) is 1. The van der Waals surface area contributed by atoms with Gasteiger partial charge in [0, 0.05) is 4.47 Å². The summed E-state index contributed by atoms with van der Waals surface area (Å²) < 4.78 is 6.55. The number of nitrogens with one attached hydrogen (secondary N) is 1. The Balaban J connectivity index is 1.85. The Labute approximate surface area is 144 Å². The van der Waals surface area contributed by atoms with Crippen molar-refractivity contribution in [2.24, 2.45) is 5.10 Å². The normalized spacial score (nSPS) is 10.7. The van der Waals surface area contributed by atoms with Gasteiger partial charge < -0.3 is 4.74 Å². The molecule has 120 valence electrons. The van der Waals surface area contributed by atoms with E-state index in [0.29, 0.717) is 13.0 Å². The van der Waals surface area contributed by atoms with Gasteiger partial charge in [0.2, 0.25) is 5.91 Å². The third kappa shape index (κ3) is 6.24. The van der Waals surface area contributed by atoms with Crippen molar-refractivity contribution in [3.05, 3.63) is 64.1 Å². The van der Waals surface area contributed by atoms with Gasteiger partial charge in [-0.25, -0.2) is 5.43 Å². The maximum absolute atomic E-state index is 11.8. The highest BCUT2D eigenvalue weighted by molar-refractivity contribution is 9.10. The van der Waals surface area contributed by atoms with Gasteiger partial charge >= 0.3 is 0 Å². The van der Waals surface area contributed by atoms with E-state index in [9.17, 15) is 4.79 Å². The summed E-state index contributed by atoms with van der Waals surface area (Å²) in [7, 11) is 0. The first kappa shape index (κ1) is 17.2. The molecule has 2 aromatic rings. The molecular formula is C18H19BrN2O2. The average Bonchev–Trinajstić information content (AvgIpc) is 2.55. The van der Waals surface area contributed by atoms with Crippen molar-refractivity contribution >= 4 is 28.1 Å². The van der Waals surface area contributed by atoms with Crippen molar-refractivity contribution in [3.63, 3.8) is 0 Å². The molecule has 5 heteroatoms. The van der Waals surface area contributed by atoms with E-state index >= 15 is 0 Å². The summed E-state index contributed by atoms with van der Waals surface area (Å²) in [5.74, 6) is 0.652. The topological polar surface area (TPSA) is 50.7 Å². The van der Waals surface area contributed by atoms with Crippen molar-refractivity contribution < 1.29 is 9.53 Å². The van der Waals surface area contributed by atoms with Gasteiger partial charge in [-0.05, 0) is 41.8 Å². The van der Waals surface area contributed by atoms with Crippen LogP contribution in [-0.4, -0.2) is 18.7 Å². The molecular weight excluding hydrogens is 356 g/mol. The first-order valence-corrected chi connectivity index (χ1v) is 8.26. The molecule has 0 radical (unpaired) electrons. The second-order valence-corrected chi connectivity index (χ2v) is 5.93. The van der Waals surface area contributed by atoms with Crippen LogP contribution in [-0.2, 0) is 11.2 Å². The molecule has 0 aliphatic rings. The minimum Gasteiger partial charge on any atom is -0.494 e. The molecule has 0 saturated carbocycles. The van der Waals surface area contributed by atoms with Gasteiger partial charge in [0.15, 0.2) is 0 Å². The van der Waals surface area contributed by atoms with Crippen LogP contribution < -0.4 is 10.2 Å². The molecule has 0 atom stereocenters. The summed E-state index contributed by atoms with van der Waals surface area (Å²) in [5, 5.41) is 3.99. The number of amides is 1. The minimum absolute atomic E-state index is 0.151. The van der Waals surface area contributed by atoms with Gasteiger partial charge in [0.05, 0.1) is 19.2 Å². The lowest BCUT2D eigenvalue weighted by Gasteiger charge is -2.04. The predicted octanol–water partition coefficient (Wildman–Crippen LogP) is 3.93. The van der Waals surface area contributed by atoms with Crippen molar-refractivity contribution in [1.29, 1.82) is 0 Å². The number of benzene rings is 2. The summed E-state index contributed by atoms with van der Waals surface area (Å²) in [6, 6.07) is 15.2. The van der Waals surface area contributed by atoms with Crippen molar-refractivity contribution in [3.8, 4) is 5.75 Å². The van der Waals surface area contributed by atoms with Crippen LogP contribution in [0.4, 0.5) is 0 Å². The van der Waals surface area contributed by atoms with Crippen LogP contribution in [0.15, 0.2) is 58.1 Å². The standard InChI is InChI=1S/C18H19BrN2O2/c1-2-10-23-17-5-3-4-15(11-17)13-20-21-18(22)12-14-6-8-16(19)9-7-14/h3-9,11,13H,2,10,12H2,1H3,(H,21,22)/b20-13-. The Bertz CT molecular complexity index is 669. The molecule has 4 nitrogen and oxygen atoms in total. The first-order chi connectivity index (χ1) is 11.2. The molecule has 2 aromatic carbocycles. The first-order valence-electron chi connectivity index (χ1n) is 7.46. The minimum atomic E-state index is -0.151. The van der Waals surface area contributed by atoms with Crippen LogP contribution in [0.1, 0.15) is 24.5 Å². The molecule has 0 fully saturated rings. The highest BCUT2D eigenvalue weighted by Gasteiger charge is 2.01. The number of hydrazone groups is 1. The molecule has 0 heterocycles. The van der Waals surface area contributed by atoms with E-state index in [2.05, 4.69) is 33.4 Å². The van der Waals surface area contributed by atoms with Crippen LogP contribution >= 0.6 is 15.9 Å². The number of carbonyl (C=O) groups excluding carboxylic acids is 1. The van der Waals surface area contributed by atoms with Crippen LogP contribution in [0.25, 0.3) is 0 Å². The Morgan fingerprint density at radius 2 is 2.04 bits per heavy atom. The molecule has 0 unspecified atom stereocenters. The zero-order chi connectivity index (χ0) is 16.5. The summed E-state index contributed by atoms with van der Waals surface area (Å²) in [4.78, 5) is 11.8. The van der Waals surface area contributed by atoms with Gasteiger partial charge in [0.1, 0.15) is 5.75 Å². The number of halogens is 1. The molecule has 2 rings (SSSR count). The predicted molar refractivity (Wildman–Crippen MR) is 95.8 cm³/mol.